The molecule has 0 amide bonds. The number of hydrogen-bond donors (Lipinski definition) is 0. The van der Waals surface area contributed by atoms with Gasteiger partial charge in [-0.15, -0.1) is 0 Å². The van der Waals surface area contributed by atoms with Gasteiger partial charge in [0.25, 0.3) is 0 Å². The van der Waals surface area contributed by atoms with Gasteiger partial charge in [0, 0.05) is 18.3 Å². The Labute approximate surface area is 101 Å². The molecule has 0 aliphatic heterocycles. The Kier molecular flexibility index (Phi) is 3.60. The lowest BCUT2D eigenvalue weighted by molar-refractivity contribution is 0.407. The third kappa shape index (κ3) is 2.97. The van der Waals surface area contributed by atoms with E-state index in [4.69, 9.17) is 9.47 Å². The molecule has 0 aliphatic carbocycles. The summed E-state index contributed by atoms with van der Waals surface area (Å²) in [5.74, 6) is 2.09. The molecule has 0 atom stereocenters. The molecule has 2 aromatic rings. The van der Waals surface area contributed by atoms with E-state index < -0.39 is 0 Å². The molecule has 1 heterocycles. The number of aryl methyl sites for hydroxylation is 1. The number of methoxy groups -OCH3 is 1. The fraction of sp³-hybridized carbons (Fsp3) is 0.214. The third-order valence-electron chi connectivity index (χ3n) is 2.47. The molecular weight excluding hydrogens is 214 g/mol. The summed E-state index contributed by atoms with van der Waals surface area (Å²) >= 11 is 0. The van der Waals surface area contributed by atoms with Crippen molar-refractivity contribution in [1.29, 1.82) is 0 Å². The summed E-state index contributed by atoms with van der Waals surface area (Å²) < 4.78 is 10.8. The second-order valence-electron chi connectivity index (χ2n) is 3.64. The summed E-state index contributed by atoms with van der Waals surface area (Å²) in [6.07, 6.45) is 2.81. The molecule has 0 unspecified atom stereocenters. The van der Waals surface area contributed by atoms with Crippen LogP contribution < -0.4 is 9.47 Å². The van der Waals surface area contributed by atoms with E-state index >= 15 is 0 Å². The number of rotatable bonds is 4. The van der Waals surface area contributed by atoms with Gasteiger partial charge < -0.3 is 9.47 Å². The molecule has 0 aliphatic rings. The minimum Gasteiger partial charge on any atom is -0.497 e. The second kappa shape index (κ2) is 5.34. The van der Waals surface area contributed by atoms with Gasteiger partial charge in [-0.3, -0.25) is 0 Å². The smallest absolute Gasteiger partial charge is 0.219 e. The number of ether oxygens (including phenoxy) is 2. The number of benzene rings is 1. The molecule has 0 radical (unpaired) electrons. The maximum absolute atomic E-state index is 5.63. The van der Waals surface area contributed by atoms with Gasteiger partial charge >= 0.3 is 0 Å². The van der Waals surface area contributed by atoms with Crippen molar-refractivity contribution in [2.24, 2.45) is 0 Å². The van der Waals surface area contributed by atoms with Crippen LogP contribution >= 0.6 is 0 Å². The number of hydrogen-bond acceptors (Lipinski definition) is 3. The van der Waals surface area contributed by atoms with E-state index in [1.54, 1.807) is 7.11 Å². The van der Waals surface area contributed by atoms with Gasteiger partial charge in [-0.25, -0.2) is 4.98 Å². The summed E-state index contributed by atoms with van der Waals surface area (Å²) in [6, 6.07) is 11.4. The first-order valence-electron chi connectivity index (χ1n) is 5.58. The highest BCUT2D eigenvalue weighted by Gasteiger charge is 2.00. The third-order valence-corrected chi connectivity index (χ3v) is 2.47. The van der Waals surface area contributed by atoms with Gasteiger partial charge in [0.2, 0.25) is 5.88 Å². The highest BCUT2D eigenvalue weighted by molar-refractivity contribution is 5.35. The molecule has 2 rings (SSSR count). The van der Waals surface area contributed by atoms with Crippen molar-refractivity contribution >= 4 is 0 Å². The van der Waals surface area contributed by atoms with E-state index in [-0.39, 0.29) is 0 Å². The topological polar surface area (TPSA) is 31.4 Å². The predicted molar refractivity (Wildman–Crippen MR) is 66.7 cm³/mol. The first-order chi connectivity index (χ1) is 8.31. The lowest BCUT2D eigenvalue weighted by Crippen LogP contribution is -1.90. The van der Waals surface area contributed by atoms with Crippen LogP contribution in [0.4, 0.5) is 0 Å². The molecule has 0 bridgehead atoms. The molecule has 88 valence electrons. The van der Waals surface area contributed by atoms with Crippen molar-refractivity contribution in [3.05, 3.63) is 48.2 Å². The quantitative estimate of drug-likeness (QED) is 0.804. The molecule has 3 heteroatoms. The minimum absolute atomic E-state index is 0.593. The van der Waals surface area contributed by atoms with Gasteiger partial charge in [-0.2, -0.15) is 0 Å². The first kappa shape index (κ1) is 11.5. The van der Waals surface area contributed by atoms with Crippen LogP contribution in [0.25, 0.3) is 0 Å². The summed E-state index contributed by atoms with van der Waals surface area (Å²) in [7, 11) is 1.63. The highest BCUT2D eigenvalue weighted by Crippen LogP contribution is 2.23. The van der Waals surface area contributed by atoms with Gasteiger partial charge in [0.15, 0.2) is 0 Å². The molecule has 1 aromatic heterocycles. The van der Waals surface area contributed by atoms with Gasteiger partial charge in [-0.05, 0) is 24.1 Å². The van der Waals surface area contributed by atoms with Crippen molar-refractivity contribution in [2.75, 3.05) is 7.11 Å². The van der Waals surface area contributed by atoms with Crippen molar-refractivity contribution in [2.45, 2.75) is 13.3 Å². The van der Waals surface area contributed by atoms with Crippen LogP contribution in [0.2, 0.25) is 0 Å². The number of nitrogens with zero attached hydrogens (tertiary/aromatic N) is 1. The first-order valence-corrected chi connectivity index (χ1v) is 5.58. The summed E-state index contributed by atoms with van der Waals surface area (Å²) in [6.45, 7) is 2.10. The van der Waals surface area contributed by atoms with E-state index in [1.165, 1.54) is 5.56 Å². The maximum atomic E-state index is 5.63. The monoisotopic (exact) mass is 229 g/mol. The molecule has 0 spiro atoms. The van der Waals surface area contributed by atoms with E-state index in [1.807, 2.05) is 42.6 Å². The molecule has 1 aromatic carbocycles. The average Bonchev–Trinajstić information content (AvgIpc) is 2.40. The normalized spacial score (nSPS) is 10.0. The van der Waals surface area contributed by atoms with Gasteiger partial charge in [0.05, 0.1) is 7.11 Å². The van der Waals surface area contributed by atoms with Crippen LogP contribution in [-0.4, -0.2) is 12.1 Å². The summed E-state index contributed by atoms with van der Waals surface area (Å²) in [5, 5.41) is 0. The predicted octanol–water partition coefficient (Wildman–Crippen LogP) is 3.44. The summed E-state index contributed by atoms with van der Waals surface area (Å²) in [5.41, 5.74) is 1.20. The van der Waals surface area contributed by atoms with Crippen LogP contribution in [0.5, 0.6) is 17.4 Å². The Morgan fingerprint density at radius 2 is 1.94 bits per heavy atom. The molecule has 0 saturated heterocycles. The largest absolute Gasteiger partial charge is 0.497 e. The number of aromatic nitrogens is 1. The standard InChI is InChI=1S/C14H15NO2/c1-3-11-7-8-14(15-10-11)17-13-6-4-5-12(9-13)16-2/h4-10H,3H2,1-2H3. The van der Waals surface area contributed by atoms with Crippen LogP contribution in [0.3, 0.4) is 0 Å². The zero-order chi connectivity index (χ0) is 12.1. The van der Waals surface area contributed by atoms with E-state index in [9.17, 15) is 0 Å². The van der Waals surface area contributed by atoms with E-state index in [2.05, 4.69) is 11.9 Å². The van der Waals surface area contributed by atoms with Crippen LogP contribution in [0.1, 0.15) is 12.5 Å². The fourth-order valence-corrected chi connectivity index (χ4v) is 1.47. The number of pyridine rings is 1. The van der Waals surface area contributed by atoms with Crippen LogP contribution in [-0.2, 0) is 6.42 Å². The van der Waals surface area contributed by atoms with Crippen molar-refractivity contribution in [3.8, 4) is 17.4 Å². The Morgan fingerprint density at radius 3 is 2.59 bits per heavy atom. The molecule has 0 fully saturated rings. The lowest BCUT2D eigenvalue weighted by Gasteiger charge is -2.06. The SMILES string of the molecule is CCc1ccc(Oc2cccc(OC)c2)nc1. The summed E-state index contributed by atoms with van der Waals surface area (Å²) in [4.78, 5) is 4.24. The van der Waals surface area contributed by atoms with Crippen molar-refractivity contribution in [3.63, 3.8) is 0 Å². The Morgan fingerprint density at radius 1 is 1.12 bits per heavy atom. The molecule has 17 heavy (non-hydrogen) atoms. The molecular formula is C14H15NO2. The van der Waals surface area contributed by atoms with E-state index in [0.717, 1.165) is 17.9 Å². The van der Waals surface area contributed by atoms with E-state index in [0.29, 0.717) is 5.88 Å². The van der Waals surface area contributed by atoms with Crippen LogP contribution in [0.15, 0.2) is 42.6 Å². The lowest BCUT2D eigenvalue weighted by atomic mass is 10.2. The Bertz CT molecular complexity index is 480. The molecule has 3 nitrogen and oxygen atoms in total. The fourth-order valence-electron chi connectivity index (χ4n) is 1.47. The average molecular weight is 229 g/mol. The van der Waals surface area contributed by atoms with Gasteiger partial charge in [-0.1, -0.05) is 19.1 Å². The van der Waals surface area contributed by atoms with Crippen molar-refractivity contribution < 1.29 is 9.47 Å². The van der Waals surface area contributed by atoms with Crippen molar-refractivity contribution in [1.82, 2.24) is 4.98 Å². The highest BCUT2D eigenvalue weighted by atomic mass is 16.5. The molecule has 0 N–H and O–H groups in total. The zero-order valence-corrected chi connectivity index (χ0v) is 10.0. The maximum Gasteiger partial charge on any atom is 0.219 e. The minimum atomic E-state index is 0.593. The van der Waals surface area contributed by atoms with Crippen LogP contribution in [0, 0.1) is 0 Å². The zero-order valence-electron chi connectivity index (χ0n) is 10.0. The Balaban J connectivity index is 2.13. The second-order valence-corrected chi connectivity index (χ2v) is 3.64. The molecule has 0 saturated carbocycles. The van der Waals surface area contributed by atoms with Gasteiger partial charge in [0.1, 0.15) is 11.5 Å². The Hall–Kier alpha value is -2.03.